The van der Waals surface area contributed by atoms with Crippen molar-refractivity contribution in [2.75, 3.05) is 22.9 Å². The van der Waals surface area contributed by atoms with Gasteiger partial charge in [-0.25, -0.2) is 4.39 Å². The number of carbonyl (C=O) groups is 2. The molecule has 0 saturated heterocycles. The number of rotatable bonds is 7. The number of aryl methyl sites for hydroxylation is 1. The number of nitrogens with zero attached hydrogens (tertiary/aromatic N) is 2. The molecule has 1 atom stereocenters. The second-order valence-corrected chi connectivity index (χ2v) is 10.8. The molecule has 0 spiro atoms. The second kappa shape index (κ2) is 10.8. The zero-order valence-corrected chi connectivity index (χ0v) is 22.3. The number of hydrogen-bond acceptors (Lipinski definition) is 3. The minimum Gasteiger partial charge on any atom is -0.370 e. The van der Waals surface area contributed by atoms with Crippen molar-refractivity contribution in [1.29, 1.82) is 0 Å². The van der Waals surface area contributed by atoms with Gasteiger partial charge in [-0.2, -0.15) is 0 Å². The van der Waals surface area contributed by atoms with Gasteiger partial charge in [0.25, 0.3) is 0 Å². The number of anilines is 2. The molecule has 3 aromatic carbocycles. The number of carbonyl (C=O) groups excluding carboxylic acids is 2. The number of para-hydroxylation sites is 1. The molecular weight excluding hydrogens is 465 g/mol. The summed E-state index contributed by atoms with van der Waals surface area (Å²) in [5.41, 5.74) is 5.14. The molecule has 0 unspecified atom stereocenters. The summed E-state index contributed by atoms with van der Waals surface area (Å²) in [6.45, 7) is 11.1. The van der Waals surface area contributed by atoms with Crippen LogP contribution in [0.15, 0.2) is 66.7 Å². The number of fused-ring (bicyclic) bond motifs is 1. The molecule has 2 amide bonds. The monoisotopic (exact) mass is 501 g/mol. The fourth-order valence-corrected chi connectivity index (χ4v) is 4.90. The van der Waals surface area contributed by atoms with Gasteiger partial charge in [-0.1, -0.05) is 42.5 Å². The molecule has 0 fully saturated rings. The Morgan fingerprint density at radius 3 is 2.41 bits per heavy atom. The van der Waals surface area contributed by atoms with Crippen molar-refractivity contribution in [2.45, 2.75) is 59.0 Å². The maximum Gasteiger partial charge on any atom is 0.248 e. The van der Waals surface area contributed by atoms with E-state index in [1.807, 2.05) is 65.0 Å². The highest BCUT2D eigenvalue weighted by atomic mass is 19.1. The van der Waals surface area contributed by atoms with Crippen molar-refractivity contribution in [3.63, 3.8) is 0 Å². The lowest BCUT2D eigenvalue weighted by Crippen LogP contribution is -2.50. The van der Waals surface area contributed by atoms with E-state index in [1.165, 1.54) is 17.7 Å². The van der Waals surface area contributed by atoms with E-state index in [9.17, 15) is 14.0 Å². The molecule has 5 nitrogen and oxygen atoms in total. The van der Waals surface area contributed by atoms with Crippen LogP contribution in [0.3, 0.4) is 0 Å². The van der Waals surface area contributed by atoms with Gasteiger partial charge >= 0.3 is 0 Å². The predicted molar refractivity (Wildman–Crippen MR) is 147 cm³/mol. The first-order chi connectivity index (χ1) is 17.5. The van der Waals surface area contributed by atoms with Gasteiger partial charge in [-0.15, -0.1) is 0 Å². The van der Waals surface area contributed by atoms with E-state index in [0.717, 1.165) is 29.8 Å². The largest absolute Gasteiger partial charge is 0.370 e. The SMILES string of the molecule is Cc1cccc(N(C(=O)CCN2CCc3ccccc32)[C@@H](C(=O)NC(C)(C)C)c2ccc(F)cc2)c1C. The lowest BCUT2D eigenvalue weighted by Gasteiger charge is -2.35. The number of halogens is 1. The average molecular weight is 502 g/mol. The summed E-state index contributed by atoms with van der Waals surface area (Å²) < 4.78 is 13.9. The Balaban J connectivity index is 1.73. The molecule has 0 aromatic heterocycles. The molecule has 6 heteroatoms. The Kier molecular flexibility index (Phi) is 7.67. The van der Waals surface area contributed by atoms with E-state index in [4.69, 9.17) is 0 Å². The molecule has 194 valence electrons. The van der Waals surface area contributed by atoms with Crippen LogP contribution in [0.2, 0.25) is 0 Å². The summed E-state index contributed by atoms with van der Waals surface area (Å²) in [6.07, 6.45) is 1.19. The number of hydrogen-bond donors (Lipinski definition) is 1. The van der Waals surface area contributed by atoms with E-state index >= 15 is 0 Å². The Hall–Kier alpha value is -3.67. The van der Waals surface area contributed by atoms with Gasteiger partial charge in [0.15, 0.2) is 0 Å². The van der Waals surface area contributed by atoms with Crippen LogP contribution in [0.1, 0.15) is 55.5 Å². The van der Waals surface area contributed by atoms with Crippen molar-refractivity contribution in [3.8, 4) is 0 Å². The lowest BCUT2D eigenvalue weighted by atomic mass is 9.98. The molecule has 0 radical (unpaired) electrons. The van der Waals surface area contributed by atoms with E-state index in [-0.39, 0.29) is 18.2 Å². The number of amides is 2. The van der Waals surface area contributed by atoms with Gasteiger partial charge in [0.05, 0.1) is 0 Å². The molecule has 0 saturated carbocycles. The topological polar surface area (TPSA) is 52.7 Å². The van der Waals surface area contributed by atoms with Crippen LogP contribution in [-0.4, -0.2) is 30.4 Å². The van der Waals surface area contributed by atoms with Crippen LogP contribution < -0.4 is 15.1 Å². The minimum absolute atomic E-state index is 0.156. The summed E-state index contributed by atoms with van der Waals surface area (Å²) in [5, 5.41) is 3.04. The van der Waals surface area contributed by atoms with Crippen molar-refractivity contribution < 1.29 is 14.0 Å². The Bertz CT molecular complexity index is 1280. The summed E-state index contributed by atoms with van der Waals surface area (Å²) in [6, 6.07) is 18.9. The zero-order valence-electron chi connectivity index (χ0n) is 22.3. The summed E-state index contributed by atoms with van der Waals surface area (Å²) in [5.74, 6) is -0.854. The molecule has 3 aromatic rings. The van der Waals surface area contributed by atoms with E-state index in [2.05, 4.69) is 22.3 Å². The molecular formula is C31H36FN3O2. The van der Waals surface area contributed by atoms with Crippen LogP contribution in [-0.2, 0) is 16.0 Å². The van der Waals surface area contributed by atoms with E-state index < -0.39 is 17.4 Å². The first-order valence-corrected chi connectivity index (χ1v) is 12.8. The highest BCUT2D eigenvalue weighted by Gasteiger charge is 2.35. The van der Waals surface area contributed by atoms with Crippen LogP contribution >= 0.6 is 0 Å². The smallest absolute Gasteiger partial charge is 0.248 e. The third-order valence-electron chi connectivity index (χ3n) is 6.87. The quantitative estimate of drug-likeness (QED) is 0.440. The highest BCUT2D eigenvalue weighted by Crippen LogP contribution is 2.34. The molecule has 1 N–H and O–H groups in total. The Morgan fingerprint density at radius 2 is 1.70 bits per heavy atom. The van der Waals surface area contributed by atoms with Crippen molar-refractivity contribution in [1.82, 2.24) is 5.32 Å². The molecule has 4 rings (SSSR count). The molecule has 1 aliphatic rings. The summed E-state index contributed by atoms with van der Waals surface area (Å²) in [7, 11) is 0. The minimum atomic E-state index is -0.946. The maximum absolute atomic E-state index is 14.1. The van der Waals surface area contributed by atoms with E-state index in [0.29, 0.717) is 17.8 Å². The first kappa shape index (κ1) is 26.4. The van der Waals surface area contributed by atoms with Crippen LogP contribution in [0, 0.1) is 19.7 Å². The normalized spacial score (nSPS) is 13.7. The Labute approximate surface area is 219 Å². The van der Waals surface area contributed by atoms with Crippen LogP contribution in [0.25, 0.3) is 0 Å². The first-order valence-electron chi connectivity index (χ1n) is 12.8. The van der Waals surface area contributed by atoms with Crippen molar-refractivity contribution in [3.05, 3.63) is 94.8 Å². The molecule has 1 aliphatic heterocycles. The number of nitrogens with one attached hydrogen (secondary N) is 1. The van der Waals surface area contributed by atoms with Crippen molar-refractivity contribution in [2.24, 2.45) is 0 Å². The second-order valence-electron chi connectivity index (χ2n) is 10.8. The van der Waals surface area contributed by atoms with Gasteiger partial charge < -0.3 is 10.2 Å². The maximum atomic E-state index is 14.1. The van der Waals surface area contributed by atoms with Gasteiger partial charge in [0, 0.05) is 36.4 Å². The molecule has 0 aliphatic carbocycles. The Morgan fingerprint density at radius 1 is 1.00 bits per heavy atom. The van der Waals surface area contributed by atoms with Crippen LogP contribution in [0.5, 0.6) is 0 Å². The van der Waals surface area contributed by atoms with Crippen LogP contribution in [0.4, 0.5) is 15.8 Å². The zero-order chi connectivity index (χ0) is 26.7. The molecule has 37 heavy (non-hydrogen) atoms. The fourth-order valence-electron chi connectivity index (χ4n) is 4.90. The fraction of sp³-hybridized carbons (Fsp3) is 0.355. The lowest BCUT2D eigenvalue weighted by molar-refractivity contribution is -0.127. The standard InChI is InChI=1S/C31H36FN3O2/c1-21-9-8-12-26(22(21)2)35(28(36)18-20-34-19-17-23-10-6-7-11-27(23)34)29(30(37)33-31(3,4)5)24-13-15-25(32)16-14-24/h6-16,29H,17-20H2,1-5H3,(H,33,37)/t29-/m1/s1. The average Bonchev–Trinajstić information content (AvgIpc) is 3.26. The summed E-state index contributed by atoms with van der Waals surface area (Å²) >= 11 is 0. The van der Waals surface area contributed by atoms with Gasteiger partial charge in [0.2, 0.25) is 11.8 Å². The third kappa shape index (κ3) is 6.01. The van der Waals surface area contributed by atoms with Gasteiger partial charge in [0.1, 0.15) is 11.9 Å². The predicted octanol–water partition coefficient (Wildman–Crippen LogP) is 5.88. The van der Waals surface area contributed by atoms with E-state index in [1.54, 1.807) is 17.0 Å². The highest BCUT2D eigenvalue weighted by molar-refractivity contribution is 6.02. The molecule has 1 heterocycles. The van der Waals surface area contributed by atoms with Gasteiger partial charge in [-0.3, -0.25) is 14.5 Å². The molecule has 0 bridgehead atoms. The van der Waals surface area contributed by atoms with Gasteiger partial charge in [-0.05, 0) is 87.6 Å². The number of benzene rings is 3. The summed E-state index contributed by atoms with van der Waals surface area (Å²) in [4.78, 5) is 31.7. The third-order valence-corrected chi connectivity index (χ3v) is 6.87. The van der Waals surface area contributed by atoms with Crippen molar-refractivity contribution >= 4 is 23.2 Å².